The highest BCUT2D eigenvalue weighted by Gasteiger charge is 2.18. The summed E-state index contributed by atoms with van der Waals surface area (Å²) in [6, 6.07) is 5.92. The summed E-state index contributed by atoms with van der Waals surface area (Å²) in [5.74, 6) is -1.66. The molecule has 27 heavy (non-hydrogen) atoms. The van der Waals surface area contributed by atoms with E-state index in [1.807, 2.05) is 0 Å². The lowest BCUT2D eigenvalue weighted by molar-refractivity contribution is -0.138. The van der Waals surface area contributed by atoms with E-state index in [4.69, 9.17) is 9.84 Å². The monoisotopic (exact) mass is 391 g/mol. The van der Waals surface area contributed by atoms with Gasteiger partial charge in [-0.25, -0.2) is 9.78 Å². The van der Waals surface area contributed by atoms with Crippen molar-refractivity contribution in [2.24, 2.45) is 0 Å². The van der Waals surface area contributed by atoms with Gasteiger partial charge in [-0.15, -0.1) is 11.3 Å². The van der Waals surface area contributed by atoms with Gasteiger partial charge in [-0.2, -0.15) is 0 Å². The third kappa shape index (κ3) is 6.07. The van der Waals surface area contributed by atoms with Gasteiger partial charge < -0.3 is 15.2 Å². The number of rotatable bonds is 5. The van der Waals surface area contributed by atoms with Gasteiger partial charge >= 0.3 is 12.1 Å². The average molecular weight is 391 g/mol. The summed E-state index contributed by atoms with van der Waals surface area (Å²) in [6.45, 7) is 6.72. The molecule has 9 heteroatoms. The lowest BCUT2D eigenvalue weighted by Gasteiger charge is -2.19. The quantitative estimate of drug-likeness (QED) is 0.719. The Morgan fingerprint density at radius 1 is 1.19 bits per heavy atom. The molecular weight excluding hydrogens is 370 g/mol. The van der Waals surface area contributed by atoms with Crippen molar-refractivity contribution in [3.63, 3.8) is 0 Å². The predicted octanol–water partition coefficient (Wildman–Crippen LogP) is 3.36. The first-order valence-corrected chi connectivity index (χ1v) is 9.03. The summed E-state index contributed by atoms with van der Waals surface area (Å²) in [5.41, 5.74) is 0.900. The number of nitrogens with zero attached hydrogens (tertiary/aromatic N) is 1. The standard InChI is InChI=1S/C18H21N3O5S/c1-10(16(23)24)19-14(22)13-9-27-15(21-13)11-5-7-12(8-6-11)20-17(25)26-18(2,3)4/h5-10H,1-4H3,(H,19,22)(H,20,25)(H,23,24)/t10-/m0/s1. The van der Waals surface area contributed by atoms with E-state index in [1.54, 1.807) is 50.4 Å². The van der Waals surface area contributed by atoms with Crippen LogP contribution in [0.25, 0.3) is 10.6 Å². The smallest absolute Gasteiger partial charge is 0.412 e. The Kier molecular flexibility index (Phi) is 6.17. The largest absolute Gasteiger partial charge is 0.480 e. The molecule has 0 bridgehead atoms. The van der Waals surface area contributed by atoms with E-state index in [1.165, 1.54) is 18.3 Å². The van der Waals surface area contributed by atoms with Crippen LogP contribution in [0.15, 0.2) is 29.6 Å². The molecule has 0 fully saturated rings. The number of thiazole rings is 1. The zero-order valence-electron chi connectivity index (χ0n) is 15.4. The first kappa shape index (κ1) is 20.4. The van der Waals surface area contributed by atoms with Crippen LogP contribution in [0.5, 0.6) is 0 Å². The lowest BCUT2D eigenvalue weighted by Crippen LogP contribution is -2.38. The molecule has 0 aliphatic rings. The Balaban J connectivity index is 2.03. The molecule has 2 rings (SSSR count). The number of benzene rings is 1. The van der Waals surface area contributed by atoms with Gasteiger partial charge in [0.25, 0.3) is 5.91 Å². The van der Waals surface area contributed by atoms with E-state index in [2.05, 4.69) is 15.6 Å². The molecule has 0 unspecified atom stereocenters. The second-order valence-electron chi connectivity index (χ2n) is 6.78. The molecule has 0 radical (unpaired) electrons. The second-order valence-corrected chi connectivity index (χ2v) is 7.63. The summed E-state index contributed by atoms with van der Waals surface area (Å²) in [7, 11) is 0. The Morgan fingerprint density at radius 3 is 2.37 bits per heavy atom. The minimum atomic E-state index is -1.12. The van der Waals surface area contributed by atoms with Crippen molar-refractivity contribution in [2.75, 3.05) is 5.32 Å². The fourth-order valence-electron chi connectivity index (χ4n) is 1.96. The van der Waals surface area contributed by atoms with Gasteiger partial charge in [0.2, 0.25) is 0 Å². The number of hydrogen-bond acceptors (Lipinski definition) is 6. The van der Waals surface area contributed by atoms with E-state index in [9.17, 15) is 14.4 Å². The molecule has 0 aliphatic heterocycles. The summed E-state index contributed by atoms with van der Waals surface area (Å²) < 4.78 is 5.19. The van der Waals surface area contributed by atoms with Crippen LogP contribution in [0.4, 0.5) is 10.5 Å². The van der Waals surface area contributed by atoms with Crippen molar-refractivity contribution in [3.8, 4) is 10.6 Å². The van der Waals surface area contributed by atoms with Gasteiger partial charge in [0.05, 0.1) is 0 Å². The van der Waals surface area contributed by atoms with Crippen LogP contribution in [-0.4, -0.2) is 39.7 Å². The Bertz CT molecular complexity index is 839. The van der Waals surface area contributed by atoms with Crippen LogP contribution in [0.2, 0.25) is 0 Å². The molecular formula is C18H21N3O5S. The highest BCUT2D eigenvalue weighted by Crippen LogP contribution is 2.25. The fourth-order valence-corrected chi connectivity index (χ4v) is 2.77. The normalized spacial score (nSPS) is 12.1. The minimum Gasteiger partial charge on any atom is -0.480 e. The summed E-state index contributed by atoms with van der Waals surface area (Å²) in [5, 5.41) is 16.0. The Labute approximate surface area is 160 Å². The topological polar surface area (TPSA) is 118 Å². The SMILES string of the molecule is C[C@H](NC(=O)c1csc(-c2ccc(NC(=O)OC(C)(C)C)cc2)n1)C(=O)O. The first-order chi connectivity index (χ1) is 12.5. The van der Waals surface area contributed by atoms with Gasteiger partial charge in [-0.1, -0.05) is 0 Å². The van der Waals surface area contributed by atoms with Crippen LogP contribution < -0.4 is 10.6 Å². The summed E-state index contributed by atoms with van der Waals surface area (Å²) in [4.78, 5) is 38.8. The molecule has 1 aromatic carbocycles. The van der Waals surface area contributed by atoms with E-state index < -0.39 is 29.6 Å². The van der Waals surface area contributed by atoms with Crippen LogP contribution in [0.3, 0.4) is 0 Å². The molecule has 2 aromatic rings. The van der Waals surface area contributed by atoms with Gasteiger partial charge in [0.15, 0.2) is 0 Å². The van der Waals surface area contributed by atoms with Crippen molar-refractivity contribution in [1.29, 1.82) is 0 Å². The summed E-state index contributed by atoms with van der Waals surface area (Å²) >= 11 is 1.26. The van der Waals surface area contributed by atoms with Crippen molar-refractivity contribution in [1.82, 2.24) is 10.3 Å². The highest BCUT2D eigenvalue weighted by molar-refractivity contribution is 7.13. The molecule has 0 spiro atoms. The molecule has 2 amide bonds. The molecule has 144 valence electrons. The number of anilines is 1. The van der Waals surface area contributed by atoms with Gasteiger partial charge in [-0.3, -0.25) is 14.9 Å². The number of hydrogen-bond donors (Lipinski definition) is 3. The summed E-state index contributed by atoms with van der Waals surface area (Å²) in [6.07, 6.45) is -0.545. The number of carbonyl (C=O) groups excluding carboxylic acids is 2. The number of carbonyl (C=O) groups is 3. The number of amides is 2. The molecule has 1 heterocycles. The molecule has 0 saturated carbocycles. The maximum atomic E-state index is 12.0. The minimum absolute atomic E-state index is 0.152. The predicted molar refractivity (Wildman–Crippen MR) is 102 cm³/mol. The van der Waals surface area contributed by atoms with Crippen LogP contribution in [0.1, 0.15) is 38.2 Å². The highest BCUT2D eigenvalue weighted by atomic mass is 32.1. The third-order valence-corrected chi connectivity index (χ3v) is 4.12. The molecule has 0 saturated heterocycles. The molecule has 8 nitrogen and oxygen atoms in total. The molecule has 1 atom stereocenters. The number of carboxylic acids is 1. The van der Waals surface area contributed by atoms with Crippen molar-refractivity contribution >= 4 is 35.0 Å². The van der Waals surface area contributed by atoms with E-state index in [0.717, 1.165) is 5.56 Å². The Hall–Kier alpha value is -2.94. The zero-order chi connectivity index (χ0) is 20.2. The maximum absolute atomic E-state index is 12.0. The van der Waals surface area contributed by atoms with Gasteiger partial charge in [0.1, 0.15) is 22.3 Å². The number of aromatic nitrogens is 1. The molecule has 3 N–H and O–H groups in total. The van der Waals surface area contributed by atoms with Crippen molar-refractivity contribution < 1.29 is 24.2 Å². The third-order valence-electron chi connectivity index (χ3n) is 3.23. The first-order valence-electron chi connectivity index (χ1n) is 8.15. The zero-order valence-corrected chi connectivity index (χ0v) is 16.2. The fraction of sp³-hybridized carbons (Fsp3) is 0.333. The maximum Gasteiger partial charge on any atom is 0.412 e. The van der Waals surface area contributed by atoms with Crippen LogP contribution in [0, 0.1) is 0 Å². The number of aliphatic carboxylic acids is 1. The second kappa shape index (κ2) is 8.17. The van der Waals surface area contributed by atoms with Crippen LogP contribution in [-0.2, 0) is 9.53 Å². The van der Waals surface area contributed by atoms with E-state index in [0.29, 0.717) is 10.7 Å². The van der Waals surface area contributed by atoms with Crippen molar-refractivity contribution in [2.45, 2.75) is 39.3 Å². The number of nitrogens with one attached hydrogen (secondary N) is 2. The van der Waals surface area contributed by atoms with Crippen molar-refractivity contribution in [3.05, 3.63) is 35.3 Å². The lowest BCUT2D eigenvalue weighted by atomic mass is 10.2. The van der Waals surface area contributed by atoms with E-state index in [-0.39, 0.29) is 5.69 Å². The average Bonchev–Trinajstić information content (AvgIpc) is 3.03. The molecule has 0 aliphatic carbocycles. The number of ether oxygens (including phenoxy) is 1. The van der Waals surface area contributed by atoms with Gasteiger partial charge in [0, 0.05) is 16.6 Å². The number of carboxylic acid groups (broad SMARTS) is 1. The van der Waals surface area contributed by atoms with E-state index >= 15 is 0 Å². The molecule has 1 aromatic heterocycles. The Morgan fingerprint density at radius 2 is 1.81 bits per heavy atom. The van der Waals surface area contributed by atoms with Gasteiger partial charge in [-0.05, 0) is 52.0 Å². The van der Waals surface area contributed by atoms with Crippen LogP contribution >= 0.6 is 11.3 Å².